The molecule has 0 radical (unpaired) electrons. The Morgan fingerprint density at radius 1 is 1.32 bits per heavy atom. The van der Waals surface area contributed by atoms with Crippen LogP contribution in [0, 0.1) is 5.92 Å². The van der Waals surface area contributed by atoms with Crippen LogP contribution in [0.15, 0.2) is 49.8 Å². The molecule has 1 heterocycles. The quantitative estimate of drug-likeness (QED) is 0.309. The number of fused-ring (bicyclic) bond motifs is 1. The highest BCUT2D eigenvalue weighted by Crippen LogP contribution is 2.28. The summed E-state index contributed by atoms with van der Waals surface area (Å²) < 4.78 is 2.43. The van der Waals surface area contributed by atoms with E-state index in [0.717, 1.165) is 30.3 Å². The topological polar surface area (TPSA) is 97.8 Å². The number of amides is 1. The van der Waals surface area contributed by atoms with Gasteiger partial charge in [-0.15, -0.1) is 0 Å². The zero-order valence-corrected chi connectivity index (χ0v) is 18.8. The molecule has 2 atom stereocenters. The molecule has 0 spiro atoms. The molecule has 2 aromatic rings. The van der Waals surface area contributed by atoms with Gasteiger partial charge in [0.2, 0.25) is 5.91 Å². The van der Waals surface area contributed by atoms with Gasteiger partial charge in [-0.05, 0) is 43.2 Å². The Labute approximate surface area is 185 Å². The summed E-state index contributed by atoms with van der Waals surface area (Å²) in [4.78, 5) is 37.2. The van der Waals surface area contributed by atoms with Gasteiger partial charge in [-0.1, -0.05) is 48.1 Å². The fraction of sp³-hybridized carbons (Fsp3) is 0.455. The van der Waals surface area contributed by atoms with Crippen LogP contribution < -0.4 is 16.7 Å². The average Bonchev–Trinajstić information content (AvgIpc) is 2.79. The summed E-state index contributed by atoms with van der Waals surface area (Å²) in [5, 5.41) is 10.0. The summed E-state index contributed by atoms with van der Waals surface area (Å²) in [6.07, 6.45) is 6.22. The summed E-state index contributed by atoms with van der Waals surface area (Å²) in [7, 11) is 3.02. The third kappa shape index (κ3) is 4.87. The second kappa shape index (κ2) is 9.91. The number of rotatable bonds is 7. The molecule has 0 saturated carbocycles. The molecule has 1 N–H and O–H groups in total. The fourth-order valence-corrected chi connectivity index (χ4v) is 4.26. The smallest absolute Gasteiger partial charge is 0.296 e. The molecule has 8 nitrogen and oxygen atoms in total. The first-order valence-electron chi connectivity index (χ1n) is 10.4. The van der Waals surface area contributed by atoms with Gasteiger partial charge in [0.25, 0.3) is 5.56 Å². The third-order valence-corrected chi connectivity index (χ3v) is 6.20. The maximum absolute atomic E-state index is 12.6. The first kappa shape index (κ1) is 22.7. The second-order valence-corrected chi connectivity index (χ2v) is 8.09. The molecule has 1 aliphatic rings. The first-order valence-corrected chi connectivity index (χ1v) is 10.8. The van der Waals surface area contributed by atoms with Crippen LogP contribution in [-0.2, 0) is 25.3 Å². The number of carbonyl (C=O) groups is 1. The molecular weight excluding hydrogens is 414 g/mol. The van der Waals surface area contributed by atoms with Gasteiger partial charge in [0.15, 0.2) is 0 Å². The normalized spacial score (nSPS) is 17.5. The number of aromatic nitrogens is 2. The van der Waals surface area contributed by atoms with Gasteiger partial charge in [-0.25, -0.2) is 10.2 Å². The zero-order chi connectivity index (χ0) is 22.5. The van der Waals surface area contributed by atoms with E-state index in [0.29, 0.717) is 16.5 Å². The molecule has 0 fully saturated rings. The number of carbonyl (C=O) groups excluding carboxylic acids is 1. The van der Waals surface area contributed by atoms with Crippen molar-refractivity contribution in [3.8, 4) is 0 Å². The Morgan fingerprint density at radius 2 is 2.10 bits per heavy atom. The molecule has 0 bridgehead atoms. The van der Waals surface area contributed by atoms with E-state index in [4.69, 9.17) is 12.2 Å². The maximum atomic E-state index is 12.6. The van der Waals surface area contributed by atoms with E-state index in [2.05, 4.69) is 28.8 Å². The van der Waals surface area contributed by atoms with E-state index in [1.165, 1.54) is 17.2 Å². The van der Waals surface area contributed by atoms with Crippen molar-refractivity contribution in [1.82, 2.24) is 14.6 Å². The van der Waals surface area contributed by atoms with Gasteiger partial charge in [-0.2, -0.15) is 5.11 Å². The minimum absolute atomic E-state index is 0.0575. The van der Waals surface area contributed by atoms with Crippen molar-refractivity contribution < 1.29 is 4.79 Å². The second-order valence-electron chi connectivity index (χ2n) is 7.82. The SMILES string of the molecule is CCC1=CCC(C(C=S)N=NNC(=O)Cc2cccc3c2c(=O)n(C)c(=O)n3C)CC1. The lowest BCUT2D eigenvalue weighted by molar-refractivity contribution is -0.120. The molecule has 1 aromatic carbocycles. The number of hydrogen-bond acceptors (Lipinski definition) is 6. The summed E-state index contributed by atoms with van der Waals surface area (Å²) >= 11 is 5.12. The highest BCUT2D eigenvalue weighted by Gasteiger charge is 2.22. The lowest BCUT2D eigenvalue weighted by Gasteiger charge is -2.23. The summed E-state index contributed by atoms with van der Waals surface area (Å²) in [5.74, 6) is -0.108. The Hall–Kier alpha value is -2.94. The molecule has 3 rings (SSSR count). The fourth-order valence-electron chi connectivity index (χ4n) is 3.98. The molecular formula is C22H27N5O3S. The predicted molar refractivity (Wildman–Crippen MR) is 124 cm³/mol. The van der Waals surface area contributed by atoms with Crippen LogP contribution in [0.25, 0.3) is 10.9 Å². The van der Waals surface area contributed by atoms with E-state index in [9.17, 15) is 14.4 Å². The Balaban J connectivity index is 1.72. The average molecular weight is 442 g/mol. The van der Waals surface area contributed by atoms with Crippen molar-refractivity contribution in [1.29, 1.82) is 0 Å². The van der Waals surface area contributed by atoms with Crippen LogP contribution in [0.2, 0.25) is 0 Å². The molecule has 31 heavy (non-hydrogen) atoms. The molecule has 0 saturated heterocycles. The molecule has 2 unspecified atom stereocenters. The number of aryl methyl sites for hydroxylation is 1. The van der Waals surface area contributed by atoms with Crippen molar-refractivity contribution in [2.24, 2.45) is 30.4 Å². The minimum atomic E-state index is -0.430. The molecule has 1 amide bonds. The molecule has 1 aliphatic carbocycles. The molecule has 164 valence electrons. The van der Waals surface area contributed by atoms with E-state index < -0.39 is 17.2 Å². The van der Waals surface area contributed by atoms with Crippen molar-refractivity contribution in [3.05, 3.63) is 56.2 Å². The Kier molecular flexibility index (Phi) is 7.27. The lowest BCUT2D eigenvalue weighted by atomic mass is 9.85. The largest absolute Gasteiger partial charge is 0.330 e. The zero-order valence-electron chi connectivity index (χ0n) is 18.0. The molecule has 9 heteroatoms. The van der Waals surface area contributed by atoms with Gasteiger partial charge >= 0.3 is 5.69 Å². The van der Waals surface area contributed by atoms with Crippen LogP contribution in [0.5, 0.6) is 0 Å². The van der Waals surface area contributed by atoms with Gasteiger partial charge in [-0.3, -0.25) is 18.7 Å². The minimum Gasteiger partial charge on any atom is -0.296 e. The third-order valence-electron chi connectivity index (χ3n) is 5.92. The summed E-state index contributed by atoms with van der Waals surface area (Å²) in [5.41, 5.74) is 4.07. The molecule has 1 aromatic heterocycles. The van der Waals surface area contributed by atoms with E-state index in [1.54, 1.807) is 30.6 Å². The standard InChI is InChI=1S/C22H27N5O3S/c1-4-14-8-10-15(11-9-14)17(13-31)23-25-24-19(28)12-16-6-5-7-18-20(16)21(29)27(3)22(30)26(18)2/h5-8,13,15,17H,4,9-12H2,1-3H3,(H,23,24,28). The van der Waals surface area contributed by atoms with E-state index in [1.807, 2.05) is 0 Å². The molecule has 0 aliphatic heterocycles. The summed E-state index contributed by atoms with van der Waals surface area (Å²) in [6.45, 7) is 2.16. The highest BCUT2D eigenvalue weighted by molar-refractivity contribution is 7.79. The number of allylic oxidation sites excluding steroid dienone is 2. The van der Waals surface area contributed by atoms with Crippen LogP contribution in [0.4, 0.5) is 0 Å². The van der Waals surface area contributed by atoms with Crippen molar-refractivity contribution in [3.63, 3.8) is 0 Å². The van der Waals surface area contributed by atoms with Crippen LogP contribution in [0.1, 0.15) is 38.2 Å². The maximum Gasteiger partial charge on any atom is 0.330 e. The van der Waals surface area contributed by atoms with Crippen LogP contribution >= 0.6 is 12.2 Å². The number of thiocarbonyl (C=S) groups is 1. The predicted octanol–water partition coefficient (Wildman–Crippen LogP) is 2.77. The summed E-state index contributed by atoms with van der Waals surface area (Å²) in [6, 6.07) is 4.87. The Morgan fingerprint density at radius 3 is 2.74 bits per heavy atom. The van der Waals surface area contributed by atoms with E-state index >= 15 is 0 Å². The number of nitrogens with one attached hydrogen (secondary N) is 1. The van der Waals surface area contributed by atoms with Crippen LogP contribution in [-0.4, -0.2) is 26.5 Å². The van der Waals surface area contributed by atoms with Gasteiger partial charge in [0, 0.05) is 19.5 Å². The van der Waals surface area contributed by atoms with Gasteiger partial charge < -0.3 is 0 Å². The Bertz CT molecular complexity index is 1180. The van der Waals surface area contributed by atoms with Gasteiger partial charge in [0.1, 0.15) is 6.04 Å². The van der Waals surface area contributed by atoms with Crippen LogP contribution in [0.3, 0.4) is 0 Å². The number of hydrogen-bond donors (Lipinski definition) is 1. The van der Waals surface area contributed by atoms with Crippen molar-refractivity contribution in [2.45, 2.75) is 45.1 Å². The highest BCUT2D eigenvalue weighted by atomic mass is 32.1. The van der Waals surface area contributed by atoms with E-state index in [-0.39, 0.29) is 18.4 Å². The van der Waals surface area contributed by atoms with Crippen molar-refractivity contribution >= 4 is 34.4 Å². The first-order chi connectivity index (χ1) is 14.9. The monoisotopic (exact) mass is 441 g/mol. The van der Waals surface area contributed by atoms with Gasteiger partial charge in [0.05, 0.1) is 17.3 Å². The lowest BCUT2D eigenvalue weighted by Crippen LogP contribution is -2.37. The number of nitrogens with zero attached hydrogens (tertiary/aromatic N) is 4. The van der Waals surface area contributed by atoms with Crippen molar-refractivity contribution in [2.75, 3.05) is 0 Å². The number of benzene rings is 1.